The summed E-state index contributed by atoms with van der Waals surface area (Å²) >= 11 is 0. The monoisotopic (exact) mass is 622 g/mol. The zero-order chi connectivity index (χ0) is 32.9. The van der Waals surface area contributed by atoms with Crippen LogP contribution in [0.15, 0.2) is 183 Å². The van der Waals surface area contributed by atoms with Crippen molar-refractivity contribution in [1.29, 1.82) is 0 Å². The third-order valence-electron chi connectivity index (χ3n) is 9.96. The third kappa shape index (κ3) is 4.76. The SMILES string of the molecule is C=CC.c1cc(-c2ccc(-c3cc4ccc5ccccc5c4c4ccccc34)cc2)cc(-c2cc3c4c(cccc4c2)-c2ccccc2-3)c1. The summed E-state index contributed by atoms with van der Waals surface area (Å²) in [5.74, 6) is 0. The third-order valence-corrected chi connectivity index (χ3v) is 9.96. The van der Waals surface area contributed by atoms with E-state index < -0.39 is 0 Å². The van der Waals surface area contributed by atoms with Crippen LogP contribution in [0.4, 0.5) is 0 Å². The highest BCUT2D eigenvalue weighted by atomic mass is 14.2. The number of hydrogen-bond acceptors (Lipinski definition) is 0. The van der Waals surface area contributed by atoms with Crippen molar-refractivity contribution in [3.05, 3.63) is 183 Å². The van der Waals surface area contributed by atoms with Crippen LogP contribution in [0.5, 0.6) is 0 Å². The summed E-state index contributed by atoms with van der Waals surface area (Å²) < 4.78 is 0. The molecule has 0 fully saturated rings. The molecule has 0 spiro atoms. The van der Waals surface area contributed by atoms with Crippen LogP contribution in [-0.2, 0) is 0 Å². The lowest BCUT2D eigenvalue weighted by molar-refractivity contribution is 1.59. The van der Waals surface area contributed by atoms with Gasteiger partial charge in [0.05, 0.1) is 0 Å². The van der Waals surface area contributed by atoms with E-state index in [4.69, 9.17) is 0 Å². The molecule has 9 aromatic carbocycles. The smallest absolute Gasteiger partial charge is 0.00259 e. The largest absolute Gasteiger partial charge is 0.103 e. The van der Waals surface area contributed by atoms with E-state index in [-0.39, 0.29) is 0 Å². The molecule has 0 aliphatic heterocycles. The summed E-state index contributed by atoms with van der Waals surface area (Å²) in [6.45, 7) is 5.25. The Kier molecular flexibility index (Phi) is 6.95. The first-order valence-corrected chi connectivity index (χ1v) is 17.0. The molecule has 0 saturated heterocycles. The predicted molar refractivity (Wildman–Crippen MR) is 213 cm³/mol. The maximum atomic E-state index is 3.36. The van der Waals surface area contributed by atoms with Gasteiger partial charge in [-0.2, -0.15) is 0 Å². The summed E-state index contributed by atoms with van der Waals surface area (Å²) in [6, 6.07) is 62.8. The van der Waals surface area contributed by atoms with E-state index in [1.165, 1.54) is 98.7 Å². The molecule has 0 unspecified atom stereocenters. The van der Waals surface area contributed by atoms with Crippen LogP contribution >= 0.6 is 0 Å². The lowest BCUT2D eigenvalue weighted by Gasteiger charge is -2.14. The number of rotatable bonds is 3. The second kappa shape index (κ2) is 11.8. The van der Waals surface area contributed by atoms with Gasteiger partial charge >= 0.3 is 0 Å². The molecule has 1 aliphatic rings. The minimum Gasteiger partial charge on any atom is -0.103 e. The Hall–Kier alpha value is -6.24. The standard InChI is InChI=1S/C46H28.C3H6/c1-2-13-37-30(9-1)23-24-35-27-43(40-16-5-6-17-41(40)45(35)37)31-21-19-29(20-22-31)32-10-7-11-33(25-32)36-26-34-12-8-18-42-38-14-3-4-15-39(38)44(28-36)46(34)42;1-3-2/h1-28H;3H,1H2,2H3. The highest BCUT2D eigenvalue weighted by Gasteiger charge is 2.21. The average molecular weight is 623 g/mol. The highest BCUT2D eigenvalue weighted by Crippen LogP contribution is 2.48. The zero-order valence-corrected chi connectivity index (χ0v) is 27.5. The van der Waals surface area contributed by atoms with Gasteiger partial charge < -0.3 is 0 Å². The molecule has 9 aromatic rings. The van der Waals surface area contributed by atoms with E-state index in [1.807, 2.05) is 6.92 Å². The summed E-state index contributed by atoms with van der Waals surface area (Å²) in [7, 11) is 0. The van der Waals surface area contributed by atoms with Crippen molar-refractivity contribution in [1.82, 2.24) is 0 Å². The fourth-order valence-corrected chi connectivity index (χ4v) is 7.82. The quantitative estimate of drug-likeness (QED) is 0.136. The maximum Gasteiger partial charge on any atom is -0.00259 e. The molecular weight excluding hydrogens is 589 g/mol. The fourth-order valence-electron chi connectivity index (χ4n) is 7.82. The highest BCUT2D eigenvalue weighted by molar-refractivity contribution is 6.23. The van der Waals surface area contributed by atoms with Gasteiger partial charge in [0, 0.05) is 0 Å². The van der Waals surface area contributed by atoms with Crippen molar-refractivity contribution in [3.8, 4) is 55.6 Å². The van der Waals surface area contributed by atoms with Gasteiger partial charge in [0.2, 0.25) is 0 Å². The number of benzene rings is 9. The van der Waals surface area contributed by atoms with Crippen LogP contribution in [-0.4, -0.2) is 0 Å². The van der Waals surface area contributed by atoms with E-state index in [0.29, 0.717) is 0 Å². The van der Waals surface area contributed by atoms with Crippen molar-refractivity contribution in [2.75, 3.05) is 0 Å². The topological polar surface area (TPSA) is 0 Å². The van der Waals surface area contributed by atoms with Gasteiger partial charge in [-0.25, -0.2) is 0 Å². The van der Waals surface area contributed by atoms with Crippen LogP contribution in [0.2, 0.25) is 0 Å². The fraction of sp³-hybridized carbons (Fsp3) is 0.0204. The molecule has 0 nitrogen and oxygen atoms in total. The van der Waals surface area contributed by atoms with Crippen LogP contribution in [0.1, 0.15) is 6.92 Å². The van der Waals surface area contributed by atoms with Gasteiger partial charge in [-0.3, -0.25) is 0 Å². The second-order valence-corrected chi connectivity index (χ2v) is 12.9. The number of allylic oxidation sites excluding steroid dienone is 1. The van der Waals surface area contributed by atoms with Crippen molar-refractivity contribution in [2.45, 2.75) is 6.92 Å². The first-order chi connectivity index (χ1) is 24.2. The minimum atomic E-state index is 1.22. The Morgan fingerprint density at radius 2 is 0.878 bits per heavy atom. The molecule has 0 saturated carbocycles. The summed E-state index contributed by atoms with van der Waals surface area (Å²) in [6.07, 6.45) is 1.75. The molecule has 0 heterocycles. The molecule has 0 aromatic heterocycles. The molecule has 49 heavy (non-hydrogen) atoms. The van der Waals surface area contributed by atoms with Crippen molar-refractivity contribution < 1.29 is 0 Å². The van der Waals surface area contributed by atoms with Gasteiger partial charge in [-0.05, 0) is 130 Å². The lowest BCUT2D eigenvalue weighted by Crippen LogP contribution is -1.87. The van der Waals surface area contributed by atoms with E-state index in [0.717, 1.165) is 0 Å². The molecule has 230 valence electrons. The molecule has 0 atom stereocenters. The summed E-state index contributed by atoms with van der Waals surface area (Å²) in [5.41, 5.74) is 12.8. The van der Waals surface area contributed by atoms with Crippen molar-refractivity contribution >= 4 is 43.1 Å². The maximum absolute atomic E-state index is 3.36. The number of hydrogen-bond donors (Lipinski definition) is 0. The Bertz CT molecular complexity index is 2730. The molecule has 0 radical (unpaired) electrons. The molecule has 1 aliphatic carbocycles. The van der Waals surface area contributed by atoms with Gasteiger partial charge in [0.15, 0.2) is 0 Å². The van der Waals surface area contributed by atoms with Gasteiger partial charge in [-0.15, -0.1) is 6.58 Å². The Morgan fingerprint density at radius 1 is 0.327 bits per heavy atom. The van der Waals surface area contributed by atoms with E-state index in [2.05, 4.69) is 176 Å². The first-order valence-electron chi connectivity index (χ1n) is 17.0. The summed E-state index contributed by atoms with van der Waals surface area (Å²) in [5, 5.41) is 10.5. The molecule has 10 rings (SSSR count). The van der Waals surface area contributed by atoms with Crippen LogP contribution in [0.3, 0.4) is 0 Å². The predicted octanol–water partition coefficient (Wildman–Crippen LogP) is 14.1. The van der Waals surface area contributed by atoms with Crippen LogP contribution in [0, 0.1) is 0 Å². The molecule has 0 bridgehead atoms. The number of fused-ring (bicyclic) bond motifs is 8. The normalized spacial score (nSPS) is 11.4. The Labute approximate surface area is 287 Å². The van der Waals surface area contributed by atoms with Crippen LogP contribution in [0.25, 0.3) is 98.7 Å². The average Bonchev–Trinajstić information content (AvgIpc) is 3.49. The van der Waals surface area contributed by atoms with E-state index >= 15 is 0 Å². The zero-order valence-electron chi connectivity index (χ0n) is 27.5. The second-order valence-electron chi connectivity index (χ2n) is 12.9. The minimum absolute atomic E-state index is 1.22. The molecule has 0 heteroatoms. The Morgan fingerprint density at radius 3 is 1.67 bits per heavy atom. The van der Waals surface area contributed by atoms with Gasteiger partial charge in [0.1, 0.15) is 0 Å². The molecule has 0 N–H and O–H groups in total. The van der Waals surface area contributed by atoms with Crippen molar-refractivity contribution in [2.24, 2.45) is 0 Å². The molecule has 0 amide bonds. The van der Waals surface area contributed by atoms with Gasteiger partial charge in [-0.1, -0.05) is 152 Å². The molecular formula is C49H34. The van der Waals surface area contributed by atoms with Crippen LogP contribution < -0.4 is 0 Å². The summed E-state index contributed by atoms with van der Waals surface area (Å²) in [4.78, 5) is 0. The lowest BCUT2D eigenvalue weighted by atomic mass is 9.90. The van der Waals surface area contributed by atoms with E-state index in [9.17, 15) is 0 Å². The van der Waals surface area contributed by atoms with E-state index in [1.54, 1.807) is 6.08 Å². The first kappa shape index (κ1) is 28.9. The van der Waals surface area contributed by atoms with Crippen molar-refractivity contribution in [3.63, 3.8) is 0 Å². The Balaban J connectivity index is 0.00000105. The van der Waals surface area contributed by atoms with Gasteiger partial charge in [0.25, 0.3) is 0 Å².